The zero-order valence-corrected chi connectivity index (χ0v) is 13.5. The molecule has 0 heterocycles. The van der Waals surface area contributed by atoms with Crippen molar-refractivity contribution in [2.24, 2.45) is 5.73 Å². The van der Waals surface area contributed by atoms with Crippen LogP contribution < -0.4 is 5.73 Å². The first kappa shape index (κ1) is 17.6. The molecule has 118 valence electrons. The van der Waals surface area contributed by atoms with Crippen LogP contribution in [0.3, 0.4) is 0 Å². The molecular formula is C14H23N3O3S. The van der Waals surface area contributed by atoms with Gasteiger partial charge in [-0.2, -0.15) is 4.31 Å². The van der Waals surface area contributed by atoms with Gasteiger partial charge in [0.15, 0.2) is 0 Å². The topological polar surface area (TPSA) is 96.5 Å². The number of rotatable bonds is 8. The number of benzene rings is 1. The molecule has 0 atom stereocenters. The third-order valence-electron chi connectivity index (χ3n) is 3.12. The molecule has 1 aromatic rings. The summed E-state index contributed by atoms with van der Waals surface area (Å²) in [7, 11) is -2.09. The van der Waals surface area contributed by atoms with Gasteiger partial charge in [0.2, 0.25) is 10.0 Å². The van der Waals surface area contributed by atoms with Crippen LogP contribution >= 0.6 is 0 Å². The average molecular weight is 313 g/mol. The van der Waals surface area contributed by atoms with Crippen LogP contribution in [0.4, 0.5) is 0 Å². The maximum absolute atomic E-state index is 12.7. The minimum absolute atomic E-state index is 0.0340. The minimum Gasteiger partial charge on any atom is -0.388 e. The predicted octanol–water partition coefficient (Wildman–Crippen LogP) is 1.27. The summed E-state index contributed by atoms with van der Waals surface area (Å²) in [4.78, 5) is 0.285. The van der Waals surface area contributed by atoms with Crippen molar-refractivity contribution in [3.8, 4) is 0 Å². The predicted molar refractivity (Wildman–Crippen MR) is 83.1 cm³/mol. The highest BCUT2D eigenvalue weighted by Gasteiger charge is 2.25. The molecule has 0 fully saturated rings. The van der Waals surface area contributed by atoms with Gasteiger partial charge in [0.25, 0.3) is 0 Å². The van der Waals surface area contributed by atoms with Crippen LogP contribution in [0.5, 0.6) is 0 Å². The third kappa shape index (κ3) is 4.80. The van der Waals surface area contributed by atoms with E-state index in [9.17, 15) is 8.42 Å². The number of sulfonamides is 1. The number of aryl methyl sites for hydroxylation is 2. The van der Waals surface area contributed by atoms with Crippen molar-refractivity contribution in [1.29, 1.82) is 5.41 Å². The Labute approximate surface area is 126 Å². The normalized spacial score (nSPS) is 11.8. The quantitative estimate of drug-likeness (QED) is 0.558. The van der Waals surface area contributed by atoms with Crippen molar-refractivity contribution in [2.75, 3.05) is 26.8 Å². The lowest BCUT2D eigenvalue weighted by atomic mass is 10.2. The molecule has 3 N–H and O–H groups in total. The molecule has 0 spiro atoms. The lowest BCUT2D eigenvalue weighted by Gasteiger charge is -2.22. The Bertz CT molecular complexity index is 599. The summed E-state index contributed by atoms with van der Waals surface area (Å²) in [5, 5.41) is 7.27. The van der Waals surface area contributed by atoms with Crippen LogP contribution in [0.15, 0.2) is 23.1 Å². The molecule has 21 heavy (non-hydrogen) atoms. The number of nitrogens with zero attached hydrogens (tertiary/aromatic N) is 1. The largest absolute Gasteiger partial charge is 0.388 e. The van der Waals surface area contributed by atoms with Crippen molar-refractivity contribution in [2.45, 2.75) is 25.2 Å². The number of hydrogen-bond donors (Lipinski definition) is 2. The highest BCUT2D eigenvalue weighted by molar-refractivity contribution is 7.89. The second kappa shape index (κ2) is 7.53. The van der Waals surface area contributed by atoms with E-state index >= 15 is 0 Å². The summed E-state index contributed by atoms with van der Waals surface area (Å²) < 4.78 is 31.8. The molecule has 1 aromatic carbocycles. The van der Waals surface area contributed by atoms with Gasteiger partial charge in [-0.1, -0.05) is 17.7 Å². The van der Waals surface area contributed by atoms with E-state index < -0.39 is 10.0 Å². The van der Waals surface area contributed by atoms with Crippen molar-refractivity contribution < 1.29 is 13.2 Å². The highest BCUT2D eigenvalue weighted by Crippen LogP contribution is 2.21. The molecule has 0 aliphatic rings. The van der Waals surface area contributed by atoms with Gasteiger partial charge in [0, 0.05) is 26.6 Å². The number of amidine groups is 1. The van der Waals surface area contributed by atoms with Gasteiger partial charge in [-0.15, -0.1) is 0 Å². The van der Waals surface area contributed by atoms with Crippen LogP contribution in [-0.2, 0) is 14.8 Å². The SMILES string of the molecule is COCCN(CCC(=N)N)S(=O)(=O)c1ccc(C)cc1C. The van der Waals surface area contributed by atoms with Crippen LogP contribution in [0.25, 0.3) is 0 Å². The average Bonchev–Trinajstić information content (AvgIpc) is 2.37. The summed E-state index contributed by atoms with van der Waals surface area (Å²) in [6.07, 6.45) is 0.202. The molecule has 7 heteroatoms. The van der Waals surface area contributed by atoms with Crippen molar-refractivity contribution in [3.63, 3.8) is 0 Å². The standard InChI is InChI=1S/C14H23N3O3S/c1-11-4-5-13(12(2)10-11)21(18,19)17(8-9-20-3)7-6-14(15)16/h4-5,10H,6-9H2,1-3H3,(H3,15,16). The van der Waals surface area contributed by atoms with Crippen LogP contribution in [0.1, 0.15) is 17.5 Å². The molecule has 0 aromatic heterocycles. The molecule has 0 saturated heterocycles. The van der Waals surface area contributed by atoms with Gasteiger partial charge in [-0.05, 0) is 25.5 Å². The van der Waals surface area contributed by atoms with Gasteiger partial charge >= 0.3 is 0 Å². The fourth-order valence-corrected chi connectivity index (χ4v) is 3.65. The van der Waals surface area contributed by atoms with Crippen LogP contribution in [0.2, 0.25) is 0 Å². The van der Waals surface area contributed by atoms with E-state index in [1.165, 1.54) is 11.4 Å². The lowest BCUT2D eigenvalue weighted by Crippen LogP contribution is -2.36. The molecule has 0 radical (unpaired) electrons. The van der Waals surface area contributed by atoms with E-state index in [-0.39, 0.29) is 30.2 Å². The van der Waals surface area contributed by atoms with Crippen molar-refractivity contribution in [1.82, 2.24) is 4.31 Å². The van der Waals surface area contributed by atoms with E-state index in [0.29, 0.717) is 12.2 Å². The Morgan fingerprint density at radius 1 is 1.33 bits per heavy atom. The van der Waals surface area contributed by atoms with E-state index in [0.717, 1.165) is 5.56 Å². The van der Waals surface area contributed by atoms with E-state index in [2.05, 4.69) is 0 Å². The minimum atomic E-state index is -3.62. The zero-order valence-electron chi connectivity index (χ0n) is 12.7. The number of nitrogens with one attached hydrogen (secondary N) is 1. The summed E-state index contributed by atoms with van der Waals surface area (Å²) in [6, 6.07) is 5.24. The molecule has 0 aliphatic carbocycles. The van der Waals surface area contributed by atoms with Crippen molar-refractivity contribution in [3.05, 3.63) is 29.3 Å². The molecule has 0 saturated carbocycles. The molecule has 6 nitrogen and oxygen atoms in total. The number of methoxy groups -OCH3 is 1. The Hall–Kier alpha value is -1.44. The second-order valence-electron chi connectivity index (χ2n) is 4.94. The molecular weight excluding hydrogens is 290 g/mol. The second-order valence-corrected chi connectivity index (χ2v) is 6.85. The fourth-order valence-electron chi connectivity index (χ4n) is 2.02. The first-order valence-electron chi connectivity index (χ1n) is 6.68. The van der Waals surface area contributed by atoms with Crippen LogP contribution in [0, 0.1) is 19.3 Å². The summed E-state index contributed by atoms with van der Waals surface area (Å²) >= 11 is 0. The van der Waals surface area contributed by atoms with Gasteiger partial charge < -0.3 is 10.5 Å². The smallest absolute Gasteiger partial charge is 0.243 e. The fraction of sp³-hybridized carbons (Fsp3) is 0.500. The number of ether oxygens (including phenoxy) is 1. The molecule has 0 amide bonds. The maximum Gasteiger partial charge on any atom is 0.243 e. The summed E-state index contributed by atoms with van der Waals surface area (Å²) in [5.41, 5.74) is 7.05. The number of hydrogen-bond acceptors (Lipinski definition) is 4. The van der Waals surface area contributed by atoms with Crippen LogP contribution in [-0.4, -0.2) is 45.4 Å². The van der Waals surface area contributed by atoms with Gasteiger partial charge in [0.1, 0.15) is 0 Å². The third-order valence-corrected chi connectivity index (χ3v) is 5.18. The summed E-state index contributed by atoms with van der Waals surface area (Å²) in [5.74, 6) is -0.0340. The first-order chi connectivity index (χ1) is 9.78. The summed E-state index contributed by atoms with van der Waals surface area (Å²) in [6.45, 7) is 4.40. The molecule has 0 unspecified atom stereocenters. The first-order valence-corrected chi connectivity index (χ1v) is 8.12. The van der Waals surface area contributed by atoms with Gasteiger partial charge in [0.05, 0.1) is 17.3 Å². The number of nitrogens with two attached hydrogens (primary N) is 1. The van der Waals surface area contributed by atoms with Crippen molar-refractivity contribution >= 4 is 15.9 Å². The Balaban J connectivity index is 3.09. The Morgan fingerprint density at radius 3 is 2.52 bits per heavy atom. The van der Waals surface area contributed by atoms with Gasteiger partial charge in [-0.3, -0.25) is 5.41 Å². The maximum atomic E-state index is 12.7. The highest BCUT2D eigenvalue weighted by atomic mass is 32.2. The molecule has 0 aliphatic heterocycles. The zero-order chi connectivity index (χ0) is 16.0. The van der Waals surface area contributed by atoms with E-state index in [1.54, 1.807) is 19.1 Å². The van der Waals surface area contributed by atoms with Gasteiger partial charge in [-0.25, -0.2) is 8.42 Å². The van der Waals surface area contributed by atoms with E-state index in [4.69, 9.17) is 15.9 Å². The molecule has 1 rings (SSSR count). The Kier molecular flexibility index (Phi) is 6.32. The lowest BCUT2D eigenvalue weighted by molar-refractivity contribution is 0.179. The Morgan fingerprint density at radius 2 is 2.00 bits per heavy atom. The molecule has 0 bridgehead atoms. The van der Waals surface area contributed by atoms with E-state index in [1.807, 2.05) is 13.0 Å². The monoisotopic (exact) mass is 313 g/mol.